The molecule has 0 spiro atoms. The molecule has 4 N–H and O–H groups in total. The lowest BCUT2D eigenvalue weighted by Gasteiger charge is -2.20. The van der Waals surface area contributed by atoms with Crippen molar-refractivity contribution in [2.45, 2.75) is 25.4 Å². The summed E-state index contributed by atoms with van der Waals surface area (Å²) in [6, 6.07) is 0. The summed E-state index contributed by atoms with van der Waals surface area (Å²) < 4.78 is 18.6. The summed E-state index contributed by atoms with van der Waals surface area (Å²) in [5, 5.41) is 26.5. The SMILES string of the molecule is CC(=O)OP(=O)(O)OC(=O)CC(O)(CC(=O)O)C(=O)O. The standard InChI is InChI=1S/C8H11O11P/c1-4(9)18-20(16,17)19-6(12)3-8(15,7(13)14)2-5(10)11/h15H,2-3H2,1H3,(H,10,11)(H,13,14)(H,16,17). The van der Waals surface area contributed by atoms with Gasteiger partial charge in [0, 0.05) is 6.92 Å². The quantitative estimate of drug-likeness (QED) is 0.417. The van der Waals surface area contributed by atoms with E-state index in [1.807, 2.05) is 0 Å². The number of hydrogen-bond acceptors (Lipinski definition) is 8. The van der Waals surface area contributed by atoms with Crippen LogP contribution in [0.4, 0.5) is 0 Å². The second-order valence-corrected chi connectivity index (χ2v) is 4.90. The topological polar surface area (TPSA) is 185 Å². The first kappa shape index (κ1) is 18.0. The number of hydrogen-bond donors (Lipinski definition) is 4. The molecular weight excluding hydrogens is 303 g/mol. The van der Waals surface area contributed by atoms with E-state index in [1.54, 1.807) is 0 Å². The number of aliphatic carboxylic acids is 2. The maximum absolute atomic E-state index is 11.2. The molecule has 0 saturated carbocycles. The van der Waals surface area contributed by atoms with Crippen LogP contribution in [0.5, 0.6) is 0 Å². The van der Waals surface area contributed by atoms with Gasteiger partial charge in [0.2, 0.25) is 0 Å². The third-order valence-corrected chi connectivity index (χ3v) is 2.66. The van der Waals surface area contributed by atoms with Gasteiger partial charge in [-0.2, -0.15) is 0 Å². The first-order chi connectivity index (χ1) is 8.88. The lowest BCUT2D eigenvalue weighted by atomic mass is 9.96. The fourth-order valence-electron chi connectivity index (χ4n) is 1.04. The van der Waals surface area contributed by atoms with Gasteiger partial charge in [0.05, 0.1) is 12.8 Å². The van der Waals surface area contributed by atoms with Gasteiger partial charge in [-0.05, 0) is 0 Å². The van der Waals surface area contributed by atoms with Crippen LogP contribution in [0.25, 0.3) is 0 Å². The second kappa shape index (κ2) is 6.46. The molecule has 0 rings (SSSR count). The average Bonchev–Trinajstić information content (AvgIpc) is 2.10. The van der Waals surface area contributed by atoms with Crippen LogP contribution < -0.4 is 0 Å². The predicted octanol–water partition coefficient (Wildman–Crippen LogP) is -1.13. The summed E-state index contributed by atoms with van der Waals surface area (Å²) in [6.07, 6.45) is -2.78. The van der Waals surface area contributed by atoms with E-state index in [2.05, 4.69) is 9.05 Å². The molecule has 11 nitrogen and oxygen atoms in total. The summed E-state index contributed by atoms with van der Waals surface area (Å²) in [5.74, 6) is -6.75. The Labute approximate surface area is 111 Å². The van der Waals surface area contributed by atoms with E-state index in [0.717, 1.165) is 6.92 Å². The normalized spacial score (nSPS) is 16.4. The monoisotopic (exact) mass is 314 g/mol. The zero-order valence-electron chi connectivity index (χ0n) is 10.0. The molecule has 0 bridgehead atoms. The van der Waals surface area contributed by atoms with Gasteiger partial charge >= 0.3 is 31.7 Å². The highest BCUT2D eigenvalue weighted by atomic mass is 31.2. The number of carbonyl (C=O) groups is 4. The molecule has 0 aromatic heterocycles. The van der Waals surface area contributed by atoms with Crippen LogP contribution in [0, 0.1) is 0 Å². The number of carboxylic acid groups (broad SMARTS) is 2. The third kappa shape index (κ3) is 6.27. The zero-order chi connectivity index (χ0) is 16.1. The van der Waals surface area contributed by atoms with Gasteiger partial charge in [0.15, 0.2) is 5.60 Å². The first-order valence-corrected chi connectivity index (χ1v) is 6.30. The Morgan fingerprint density at radius 2 is 1.60 bits per heavy atom. The van der Waals surface area contributed by atoms with Crippen molar-refractivity contribution in [3.05, 3.63) is 0 Å². The van der Waals surface area contributed by atoms with Crippen LogP contribution in [-0.2, 0) is 32.8 Å². The molecule has 0 aromatic rings. The second-order valence-electron chi connectivity index (χ2n) is 3.60. The lowest BCUT2D eigenvalue weighted by molar-refractivity contribution is -0.170. The van der Waals surface area contributed by atoms with Crippen molar-refractivity contribution in [2.75, 3.05) is 0 Å². The Morgan fingerprint density at radius 1 is 1.10 bits per heavy atom. The van der Waals surface area contributed by atoms with E-state index in [-0.39, 0.29) is 0 Å². The molecule has 0 amide bonds. The molecule has 0 aliphatic carbocycles. The van der Waals surface area contributed by atoms with Gasteiger partial charge in [-0.1, -0.05) is 0 Å². The van der Waals surface area contributed by atoms with E-state index >= 15 is 0 Å². The maximum Gasteiger partial charge on any atom is 0.589 e. The molecule has 20 heavy (non-hydrogen) atoms. The Morgan fingerprint density at radius 3 is 1.95 bits per heavy atom. The first-order valence-electron chi connectivity index (χ1n) is 4.81. The largest absolute Gasteiger partial charge is 0.589 e. The van der Waals surface area contributed by atoms with E-state index < -0.39 is 50.1 Å². The van der Waals surface area contributed by atoms with Crippen molar-refractivity contribution < 1.29 is 53.0 Å². The van der Waals surface area contributed by atoms with Crippen LogP contribution in [0.2, 0.25) is 0 Å². The van der Waals surface area contributed by atoms with Crippen molar-refractivity contribution in [3.63, 3.8) is 0 Å². The van der Waals surface area contributed by atoms with E-state index in [1.165, 1.54) is 0 Å². The van der Waals surface area contributed by atoms with Gasteiger partial charge < -0.3 is 24.4 Å². The van der Waals surface area contributed by atoms with E-state index in [0.29, 0.717) is 0 Å². The highest BCUT2D eigenvalue weighted by Crippen LogP contribution is 2.44. The molecule has 0 aliphatic heterocycles. The number of carboxylic acids is 2. The van der Waals surface area contributed by atoms with Gasteiger partial charge in [0.1, 0.15) is 0 Å². The van der Waals surface area contributed by atoms with Crippen molar-refractivity contribution in [3.8, 4) is 0 Å². The van der Waals surface area contributed by atoms with Crippen molar-refractivity contribution in [1.82, 2.24) is 0 Å². The van der Waals surface area contributed by atoms with Gasteiger partial charge in [-0.15, -0.1) is 0 Å². The van der Waals surface area contributed by atoms with Crippen LogP contribution in [0.15, 0.2) is 0 Å². The molecule has 12 heteroatoms. The smallest absolute Gasteiger partial charge is 0.481 e. The van der Waals surface area contributed by atoms with Gasteiger partial charge in [-0.3, -0.25) is 19.3 Å². The molecular formula is C8H11O11P. The summed E-state index contributed by atoms with van der Waals surface area (Å²) in [6.45, 7) is 0.745. The molecule has 0 radical (unpaired) electrons. The molecule has 2 unspecified atom stereocenters. The lowest BCUT2D eigenvalue weighted by Crippen LogP contribution is -2.43. The molecule has 2 atom stereocenters. The van der Waals surface area contributed by atoms with Crippen LogP contribution in [-0.4, -0.2) is 49.7 Å². The molecule has 0 heterocycles. The van der Waals surface area contributed by atoms with Crippen LogP contribution in [0.1, 0.15) is 19.8 Å². The van der Waals surface area contributed by atoms with Crippen molar-refractivity contribution in [1.29, 1.82) is 0 Å². The molecule has 114 valence electrons. The van der Waals surface area contributed by atoms with Gasteiger partial charge in [0.25, 0.3) is 0 Å². The fourth-order valence-corrected chi connectivity index (χ4v) is 1.73. The Bertz CT molecular complexity index is 483. The minimum atomic E-state index is -5.11. The van der Waals surface area contributed by atoms with E-state index in [9.17, 15) is 28.8 Å². The van der Waals surface area contributed by atoms with Crippen molar-refractivity contribution >= 4 is 31.7 Å². The highest BCUT2D eigenvalue weighted by Gasteiger charge is 2.43. The van der Waals surface area contributed by atoms with Gasteiger partial charge in [-0.25, -0.2) is 9.36 Å². The maximum atomic E-state index is 11.2. The minimum Gasteiger partial charge on any atom is -0.481 e. The molecule has 0 aliphatic rings. The zero-order valence-corrected chi connectivity index (χ0v) is 10.9. The summed E-state index contributed by atoms with van der Waals surface area (Å²) in [4.78, 5) is 51.6. The van der Waals surface area contributed by atoms with Crippen LogP contribution in [0.3, 0.4) is 0 Å². The Kier molecular flexibility index (Phi) is 5.82. The van der Waals surface area contributed by atoms with Crippen molar-refractivity contribution in [2.24, 2.45) is 0 Å². The molecule has 0 saturated heterocycles. The van der Waals surface area contributed by atoms with E-state index in [4.69, 9.17) is 15.1 Å². The fraction of sp³-hybridized carbons (Fsp3) is 0.500. The summed E-state index contributed by atoms with van der Waals surface area (Å²) >= 11 is 0. The molecule has 0 fully saturated rings. The number of phosphoric ester groups is 1. The highest BCUT2D eigenvalue weighted by molar-refractivity contribution is 7.48. The number of rotatable bonds is 7. The average molecular weight is 314 g/mol. The minimum absolute atomic E-state index is 0.745. The third-order valence-electron chi connectivity index (χ3n) is 1.74. The summed E-state index contributed by atoms with van der Waals surface area (Å²) in [7, 11) is -5.11. The summed E-state index contributed by atoms with van der Waals surface area (Å²) in [5.41, 5.74) is -3.03. The van der Waals surface area contributed by atoms with Crippen LogP contribution >= 0.6 is 7.82 Å². The number of carbonyl (C=O) groups excluding carboxylic acids is 2. The Balaban J connectivity index is 4.87. The Hall–Kier alpha value is -1.97. The molecule has 0 aromatic carbocycles. The predicted molar refractivity (Wildman–Crippen MR) is 57.1 cm³/mol. The number of aliphatic hydroxyl groups is 1. The number of phosphoric acid groups is 1.